The maximum atomic E-state index is 14.9. The number of cyclic esters (lactones) is 1. The van der Waals surface area contributed by atoms with Gasteiger partial charge in [-0.15, -0.1) is 0 Å². The second kappa shape index (κ2) is 11.2. The summed E-state index contributed by atoms with van der Waals surface area (Å²) in [6.45, 7) is 2.05. The second-order valence-electron chi connectivity index (χ2n) is 7.59. The summed E-state index contributed by atoms with van der Waals surface area (Å²) < 4.78 is 20.1. The van der Waals surface area contributed by atoms with Crippen LogP contribution in [0.25, 0.3) is 11.1 Å². The van der Waals surface area contributed by atoms with Crippen molar-refractivity contribution in [2.24, 2.45) is 5.73 Å². The van der Waals surface area contributed by atoms with Crippen molar-refractivity contribution in [3.05, 3.63) is 53.8 Å². The Morgan fingerprint density at radius 1 is 1.21 bits per heavy atom. The predicted octanol–water partition coefficient (Wildman–Crippen LogP) is 1.88. The number of nitrogens with one attached hydrogen (secondary N) is 2. The molecule has 2 aromatic carbocycles. The van der Waals surface area contributed by atoms with Gasteiger partial charge in [0.05, 0.1) is 18.8 Å². The fourth-order valence-corrected chi connectivity index (χ4v) is 3.26. The number of anilines is 1. The zero-order valence-electron chi connectivity index (χ0n) is 18.5. The highest BCUT2D eigenvalue weighted by Crippen LogP contribution is 2.29. The van der Waals surface area contributed by atoms with Crippen molar-refractivity contribution in [1.82, 2.24) is 10.8 Å². The van der Waals surface area contributed by atoms with Crippen molar-refractivity contribution < 1.29 is 33.1 Å². The number of halogens is 1. The van der Waals surface area contributed by atoms with E-state index < -0.39 is 29.9 Å². The molecule has 11 heteroatoms. The molecule has 34 heavy (non-hydrogen) atoms. The van der Waals surface area contributed by atoms with Crippen LogP contribution in [-0.2, 0) is 19.2 Å². The molecule has 0 bridgehead atoms. The topological polar surface area (TPSA) is 140 Å². The van der Waals surface area contributed by atoms with Gasteiger partial charge in [-0.25, -0.2) is 14.0 Å². The van der Waals surface area contributed by atoms with Gasteiger partial charge in [0, 0.05) is 24.5 Å². The van der Waals surface area contributed by atoms with E-state index in [0.29, 0.717) is 24.2 Å². The van der Waals surface area contributed by atoms with Gasteiger partial charge in [-0.3, -0.25) is 14.5 Å². The molecule has 1 atom stereocenters. The van der Waals surface area contributed by atoms with Crippen LogP contribution in [-0.4, -0.2) is 49.6 Å². The Bertz CT molecular complexity index is 1080. The molecule has 1 aliphatic rings. The third-order valence-electron chi connectivity index (χ3n) is 5.02. The molecule has 3 amide bonds. The van der Waals surface area contributed by atoms with E-state index in [0.717, 1.165) is 0 Å². The van der Waals surface area contributed by atoms with E-state index in [1.54, 1.807) is 18.2 Å². The smallest absolute Gasteiger partial charge is 0.414 e. The first kappa shape index (κ1) is 24.6. The van der Waals surface area contributed by atoms with Crippen molar-refractivity contribution >= 4 is 29.6 Å². The van der Waals surface area contributed by atoms with Gasteiger partial charge in [-0.05, 0) is 48.9 Å². The molecule has 0 aromatic heterocycles. The SMILES string of the molecule is CC(=O)NC[C@H]1CN(c2ccc(-c3ccc(C(=O)NOC(=O)CCCN)cc3)c(F)c2)C(=O)O1. The lowest BCUT2D eigenvalue weighted by Gasteiger charge is -2.14. The number of hydrogen-bond donors (Lipinski definition) is 3. The molecular weight excluding hydrogens is 447 g/mol. The molecule has 1 aliphatic heterocycles. The number of nitrogens with zero attached hydrogens (tertiary/aromatic N) is 1. The van der Waals surface area contributed by atoms with Gasteiger partial charge in [0.2, 0.25) is 5.91 Å². The molecule has 4 N–H and O–H groups in total. The van der Waals surface area contributed by atoms with Gasteiger partial charge < -0.3 is 20.6 Å². The van der Waals surface area contributed by atoms with Crippen molar-refractivity contribution in [2.45, 2.75) is 25.9 Å². The highest BCUT2D eigenvalue weighted by molar-refractivity contribution is 5.95. The Kier molecular flexibility index (Phi) is 8.14. The van der Waals surface area contributed by atoms with E-state index in [1.807, 2.05) is 0 Å². The fraction of sp³-hybridized carbons (Fsp3) is 0.304. The number of carbonyl (C=O) groups is 4. The standard InChI is InChI=1S/C23H25FN4O6/c1-14(29)26-12-18-13-28(23(32)33-18)17-8-9-19(20(24)11-17)15-4-6-16(7-5-15)22(31)27-34-21(30)3-2-10-25/h4-9,11,18H,2-3,10,12-13,25H2,1H3,(H,26,29)(H,27,31)/t18-/m0/s1. The summed E-state index contributed by atoms with van der Waals surface area (Å²) in [5, 5.41) is 2.58. The first-order chi connectivity index (χ1) is 16.3. The summed E-state index contributed by atoms with van der Waals surface area (Å²) in [5.74, 6) is -2.02. The van der Waals surface area contributed by atoms with E-state index in [9.17, 15) is 23.6 Å². The molecule has 1 saturated heterocycles. The van der Waals surface area contributed by atoms with Crippen LogP contribution < -0.4 is 21.4 Å². The second-order valence-corrected chi connectivity index (χ2v) is 7.59. The van der Waals surface area contributed by atoms with Crippen LogP contribution in [0.3, 0.4) is 0 Å². The van der Waals surface area contributed by atoms with E-state index in [2.05, 4.69) is 15.6 Å². The van der Waals surface area contributed by atoms with Crippen LogP contribution in [0.15, 0.2) is 42.5 Å². The summed E-state index contributed by atoms with van der Waals surface area (Å²) in [5.41, 5.74) is 8.70. The van der Waals surface area contributed by atoms with Crippen LogP contribution in [0.4, 0.5) is 14.9 Å². The number of hydrogen-bond acceptors (Lipinski definition) is 7. The number of benzene rings is 2. The number of hydroxylamine groups is 1. The summed E-state index contributed by atoms with van der Waals surface area (Å²) in [6, 6.07) is 10.4. The minimum atomic E-state index is -0.624. The molecule has 0 aliphatic carbocycles. The van der Waals surface area contributed by atoms with Gasteiger partial charge in [-0.2, -0.15) is 5.48 Å². The molecule has 3 rings (SSSR count). The maximum Gasteiger partial charge on any atom is 0.414 e. The molecule has 0 spiro atoms. The lowest BCUT2D eigenvalue weighted by molar-refractivity contribution is -0.149. The highest BCUT2D eigenvalue weighted by Gasteiger charge is 2.32. The third-order valence-corrected chi connectivity index (χ3v) is 5.02. The zero-order valence-corrected chi connectivity index (χ0v) is 18.5. The molecule has 1 heterocycles. The number of amides is 3. The molecule has 180 valence electrons. The molecule has 1 fully saturated rings. The number of rotatable bonds is 8. The molecule has 2 aromatic rings. The number of ether oxygens (including phenoxy) is 1. The summed E-state index contributed by atoms with van der Waals surface area (Å²) in [4.78, 5) is 52.7. The van der Waals surface area contributed by atoms with Gasteiger partial charge in [0.15, 0.2) is 0 Å². The van der Waals surface area contributed by atoms with Crippen molar-refractivity contribution in [2.75, 3.05) is 24.5 Å². The molecule has 0 radical (unpaired) electrons. The average molecular weight is 472 g/mol. The normalized spacial score (nSPS) is 15.0. The largest absolute Gasteiger partial charge is 0.442 e. The summed E-state index contributed by atoms with van der Waals surface area (Å²) in [6.07, 6.45) is -0.611. The highest BCUT2D eigenvalue weighted by atomic mass is 19.1. The van der Waals surface area contributed by atoms with Gasteiger partial charge in [0.25, 0.3) is 5.91 Å². The van der Waals surface area contributed by atoms with E-state index in [4.69, 9.17) is 10.5 Å². The monoisotopic (exact) mass is 472 g/mol. The minimum absolute atomic E-state index is 0.0934. The lowest BCUT2D eigenvalue weighted by Crippen LogP contribution is -2.33. The maximum absolute atomic E-state index is 14.9. The molecule has 0 saturated carbocycles. The van der Waals surface area contributed by atoms with Crippen LogP contribution in [0.1, 0.15) is 30.1 Å². The van der Waals surface area contributed by atoms with Gasteiger partial charge in [0.1, 0.15) is 11.9 Å². The summed E-state index contributed by atoms with van der Waals surface area (Å²) in [7, 11) is 0. The Morgan fingerprint density at radius 3 is 2.59 bits per heavy atom. The molecule has 10 nitrogen and oxygen atoms in total. The van der Waals surface area contributed by atoms with Crippen LogP contribution >= 0.6 is 0 Å². The minimum Gasteiger partial charge on any atom is -0.442 e. The first-order valence-corrected chi connectivity index (χ1v) is 10.6. The lowest BCUT2D eigenvalue weighted by atomic mass is 10.0. The molecular formula is C23H25FN4O6. The number of carbonyl (C=O) groups excluding carboxylic acids is 4. The van der Waals surface area contributed by atoms with Gasteiger partial charge in [-0.1, -0.05) is 12.1 Å². The van der Waals surface area contributed by atoms with Gasteiger partial charge >= 0.3 is 12.1 Å². The van der Waals surface area contributed by atoms with Crippen molar-refractivity contribution in [1.29, 1.82) is 0 Å². The number of nitrogens with two attached hydrogens (primary N) is 1. The van der Waals surface area contributed by atoms with Crippen molar-refractivity contribution in [3.63, 3.8) is 0 Å². The van der Waals surface area contributed by atoms with Crippen LogP contribution in [0, 0.1) is 5.82 Å². The Labute approximate surface area is 195 Å². The Morgan fingerprint density at radius 2 is 1.94 bits per heavy atom. The average Bonchev–Trinajstić information content (AvgIpc) is 3.20. The summed E-state index contributed by atoms with van der Waals surface area (Å²) >= 11 is 0. The Balaban J connectivity index is 1.63. The van der Waals surface area contributed by atoms with Crippen LogP contribution in [0.5, 0.6) is 0 Å². The quantitative estimate of drug-likeness (QED) is 0.498. The van der Waals surface area contributed by atoms with Crippen LogP contribution in [0.2, 0.25) is 0 Å². The Hall–Kier alpha value is -3.99. The zero-order chi connectivity index (χ0) is 24.7. The van der Waals surface area contributed by atoms with E-state index >= 15 is 0 Å². The molecule has 0 unspecified atom stereocenters. The predicted molar refractivity (Wildman–Crippen MR) is 120 cm³/mol. The van der Waals surface area contributed by atoms with E-state index in [-0.39, 0.29) is 36.5 Å². The van der Waals surface area contributed by atoms with E-state index in [1.165, 1.54) is 36.1 Å². The third kappa shape index (κ3) is 6.29. The van der Waals surface area contributed by atoms with Crippen molar-refractivity contribution in [3.8, 4) is 11.1 Å². The first-order valence-electron chi connectivity index (χ1n) is 10.6. The fourth-order valence-electron chi connectivity index (χ4n) is 3.26.